The summed E-state index contributed by atoms with van der Waals surface area (Å²) in [4.78, 5) is 10.5. The Morgan fingerprint density at radius 3 is 2.81 bits per heavy atom. The van der Waals surface area contributed by atoms with Gasteiger partial charge >= 0.3 is 5.97 Å². The zero-order valence-electron chi connectivity index (χ0n) is 11.7. The Morgan fingerprint density at radius 2 is 2.19 bits per heavy atom. The minimum absolute atomic E-state index is 0.238. The van der Waals surface area contributed by atoms with Crippen LogP contribution in [0.2, 0.25) is 0 Å². The third-order valence-corrected chi connectivity index (χ3v) is 2.65. The summed E-state index contributed by atoms with van der Waals surface area (Å²) in [6.45, 7) is 2.07. The Bertz CT molecular complexity index is 660. The molecular formula is C15H15NO5. The predicted octanol–water partition coefficient (Wildman–Crippen LogP) is 2.67. The maximum Gasteiger partial charge on any atom is 0.328 e. The van der Waals surface area contributed by atoms with Crippen molar-refractivity contribution in [3.05, 3.63) is 47.4 Å². The van der Waals surface area contributed by atoms with Crippen LogP contribution in [0.15, 0.2) is 34.9 Å². The summed E-state index contributed by atoms with van der Waals surface area (Å²) in [5.74, 6) is 0.664. The van der Waals surface area contributed by atoms with Crippen molar-refractivity contribution < 1.29 is 23.9 Å². The molecule has 1 heterocycles. The van der Waals surface area contributed by atoms with Gasteiger partial charge in [-0.3, -0.25) is 0 Å². The smallest absolute Gasteiger partial charge is 0.328 e. The highest BCUT2D eigenvalue weighted by molar-refractivity contribution is 5.85. The van der Waals surface area contributed by atoms with Crippen LogP contribution in [-0.2, 0) is 11.4 Å². The highest BCUT2D eigenvalue weighted by atomic mass is 16.5. The van der Waals surface area contributed by atoms with E-state index in [0.717, 1.165) is 11.8 Å². The Kier molecular flexibility index (Phi) is 4.61. The fourth-order valence-electron chi connectivity index (χ4n) is 1.71. The van der Waals surface area contributed by atoms with Crippen molar-refractivity contribution in [1.29, 1.82) is 0 Å². The van der Waals surface area contributed by atoms with Crippen LogP contribution in [0.25, 0.3) is 6.08 Å². The van der Waals surface area contributed by atoms with Gasteiger partial charge < -0.3 is 19.1 Å². The molecule has 0 saturated carbocycles. The molecule has 0 saturated heterocycles. The van der Waals surface area contributed by atoms with Crippen molar-refractivity contribution in [3.8, 4) is 11.5 Å². The van der Waals surface area contributed by atoms with Gasteiger partial charge in [-0.25, -0.2) is 4.79 Å². The summed E-state index contributed by atoms with van der Waals surface area (Å²) in [6.07, 6.45) is 2.54. The van der Waals surface area contributed by atoms with Crippen LogP contribution in [0.5, 0.6) is 11.5 Å². The van der Waals surface area contributed by atoms with E-state index in [-0.39, 0.29) is 6.61 Å². The lowest BCUT2D eigenvalue weighted by Gasteiger charge is -2.10. The Labute approximate surface area is 121 Å². The normalized spacial score (nSPS) is 10.8. The largest absolute Gasteiger partial charge is 0.493 e. The third kappa shape index (κ3) is 4.10. The second-order valence-corrected chi connectivity index (χ2v) is 4.31. The number of benzene rings is 1. The van der Waals surface area contributed by atoms with Crippen molar-refractivity contribution in [1.82, 2.24) is 5.16 Å². The van der Waals surface area contributed by atoms with Gasteiger partial charge in [0.05, 0.1) is 12.8 Å². The molecule has 0 spiro atoms. The van der Waals surface area contributed by atoms with E-state index in [4.69, 9.17) is 19.1 Å². The summed E-state index contributed by atoms with van der Waals surface area (Å²) >= 11 is 0. The lowest BCUT2D eigenvalue weighted by atomic mass is 10.2. The average Bonchev–Trinajstić information content (AvgIpc) is 2.88. The van der Waals surface area contributed by atoms with E-state index in [1.54, 1.807) is 24.3 Å². The summed E-state index contributed by atoms with van der Waals surface area (Å²) in [5, 5.41) is 12.4. The maximum atomic E-state index is 10.5. The van der Waals surface area contributed by atoms with E-state index >= 15 is 0 Å². The van der Waals surface area contributed by atoms with Gasteiger partial charge in [-0.05, 0) is 30.7 Å². The SMILES string of the molecule is COc1cc(/C=C\C(=O)O)ccc1OCc1cc(C)no1. The van der Waals surface area contributed by atoms with Crippen LogP contribution >= 0.6 is 0 Å². The highest BCUT2D eigenvalue weighted by Crippen LogP contribution is 2.29. The third-order valence-electron chi connectivity index (χ3n) is 2.65. The summed E-state index contributed by atoms with van der Waals surface area (Å²) in [7, 11) is 1.52. The highest BCUT2D eigenvalue weighted by Gasteiger charge is 2.07. The van der Waals surface area contributed by atoms with Gasteiger partial charge in [0, 0.05) is 12.1 Å². The second kappa shape index (κ2) is 6.60. The maximum absolute atomic E-state index is 10.5. The molecule has 0 unspecified atom stereocenters. The van der Waals surface area contributed by atoms with Crippen LogP contribution in [0, 0.1) is 6.92 Å². The van der Waals surface area contributed by atoms with Gasteiger partial charge in [0.15, 0.2) is 17.3 Å². The van der Waals surface area contributed by atoms with Crippen molar-refractivity contribution >= 4 is 12.0 Å². The van der Waals surface area contributed by atoms with Gasteiger partial charge in [0.2, 0.25) is 0 Å². The van der Waals surface area contributed by atoms with Crippen molar-refractivity contribution in [3.63, 3.8) is 0 Å². The molecule has 1 aromatic carbocycles. The molecule has 2 aromatic rings. The standard InChI is InChI=1S/C15H15NO5/c1-10-7-12(21-16-10)9-20-13-5-3-11(4-6-15(17)18)8-14(13)19-2/h3-8H,9H2,1-2H3,(H,17,18)/b6-4-. The molecule has 1 N–H and O–H groups in total. The van der Waals surface area contributed by atoms with Crippen LogP contribution in [-0.4, -0.2) is 23.3 Å². The molecule has 0 radical (unpaired) electrons. The molecule has 21 heavy (non-hydrogen) atoms. The molecule has 0 amide bonds. The van der Waals surface area contributed by atoms with Crippen LogP contribution < -0.4 is 9.47 Å². The van der Waals surface area contributed by atoms with Gasteiger partial charge in [0.25, 0.3) is 0 Å². The first-order chi connectivity index (χ1) is 10.1. The first-order valence-electron chi connectivity index (χ1n) is 6.22. The first kappa shape index (κ1) is 14.6. The molecule has 0 bridgehead atoms. The molecule has 2 rings (SSSR count). The molecule has 0 aliphatic rings. The van der Waals surface area contributed by atoms with Crippen molar-refractivity contribution in [2.24, 2.45) is 0 Å². The zero-order valence-corrected chi connectivity index (χ0v) is 11.7. The number of hydrogen-bond donors (Lipinski definition) is 1. The quantitative estimate of drug-likeness (QED) is 0.823. The second-order valence-electron chi connectivity index (χ2n) is 4.31. The number of nitrogens with zero attached hydrogens (tertiary/aromatic N) is 1. The number of aliphatic carboxylic acids is 1. The molecule has 6 nitrogen and oxygen atoms in total. The van der Waals surface area contributed by atoms with Crippen molar-refractivity contribution in [2.45, 2.75) is 13.5 Å². The van der Waals surface area contributed by atoms with E-state index in [1.807, 2.05) is 6.92 Å². The molecule has 0 aliphatic heterocycles. The topological polar surface area (TPSA) is 81.8 Å². The van der Waals surface area contributed by atoms with Gasteiger partial charge in [-0.1, -0.05) is 11.2 Å². The van der Waals surface area contributed by atoms with E-state index < -0.39 is 5.97 Å². The van der Waals surface area contributed by atoms with E-state index in [9.17, 15) is 4.79 Å². The van der Waals surface area contributed by atoms with E-state index in [1.165, 1.54) is 13.2 Å². The summed E-state index contributed by atoms with van der Waals surface area (Å²) in [6, 6.07) is 6.93. The van der Waals surface area contributed by atoms with Gasteiger partial charge in [-0.2, -0.15) is 0 Å². The Hall–Kier alpha value is -2.76. The van der Waals surface area contributed by atoms with Crippen molar-refractivity contribution in [2.75, 3.05) is 7.11 Å². The fourth-order valence-corrected chi connectivity index (χ4v) is 1.71. The number of hydrogen-bond acceptors (Lipinski definition) is 5. The monoisotopic (exact) mass is 289 g/mol. The number of methoxy groups -OCH3 is 1. The lowest BCUT2D eigenvalue weighted by Crippen LogP contribution is -1.97. The molecule has 0 aliphatic carbocycles. The predicted molar refractivity (Wildman–Crippen MR) is 75.2 cm³/mol. The Morgan fingerprint density at radius 1 is 1.38 bits per heavy atom. The van der Waals surface area contributed by atoms with Crippen LogP contribution in [0.4, 0.5) is 0 Å². The average molecular weight is 289 g/mol. The minimum Gasteiger partial charge on any atom is -0.493 e. The lowest BCUT2D eigenvalue weighted by molar-refractivity contribution is -0.131. The number of carboxylic acids is 1. The number of aryl methyl sites for hydroxylation is 1. The van der Waals surface area contributed by atoms with Crippen LogP contribution in [0.1, 0.15) is 17.0 Å². The number of rotatable bonds is 6. The molecule has 0 fully saturated rings. The van der Waals surface area contributed by atoms with E-state index in [2.05, 4.69) is 5.16 Å². The van der Waals surface area contributed by atoms with E-state index in [0.29, 0.717) is 22.8 Å². The number of carbonyl (C=O) groups is 1. The molecule has 6 heteroatoms. The van der Waals surface area contributed by atoms with Gasteiger partial charge in [-0.15, -0.1) is 0 Å². The number of carboxylic acid groups (broad SMARTS) is 1. The molecule has 1 aromatic heterocycles. The number of aromatic nitrogens is 1. The summed E-state index contributed by atoms with van der Waals surface area (Å²) < 4.78 is 15.9. The Balaban J connectivity index is 2.10. The number of ether oxygens (including phenoxy) is 2. The van der Waals surface area contributed by atoms with Gasteiger partial charge in [0.1, 0.15) is 6.61 Å². The zero-order chi connectivity index (χ0) is 15.2. The molecular weight excluding hydrogens is 274 g/mol. The first-order valence-corrected chi connectivity index (χ1v) is 6.22. The molecule has 0 atom stereocenters. The fraction of sp³-hybridized carbons (Fsp3) is 0.200. The molecule has 110 valence electrons. The van der Waals surface area contributed by atoms with Crippen LogP contribution in [0.3, 0.4) is 0 Å². The minimum atomic E-state index is -1.00. The summed E-state index contributed by atoms with van der Waals surface area (Å²) in [5.41, 5.74) is 1.49.